The molecule has 0 bridgehead atoms. The van der Waals surface area contributed by atoms with Crippen molar-refractivity contribution in [2.75, 3.05) is 27.9 Å². The van der Waals surface area contributed by atoms with Gasteiger partial charge in [-0.1, -0.05) is 55.8 Å². The second kappa shape index (κ2) is 29.9. The highest BCUT2D eigenvalue weighted by Gasteiger charge is 2.77. The fourth-order valence-corrected chi connectivity index (χ4v) is 17.8. The lowest BCUT2D eigenvalue weighted by molar-refractivity contribution is -0.358. The van der Waals surface area contributed by atoms with Gasteiger partial charge < -0.3 is 117 Å². The lowest BCUT2D eigenvalue weighted by Crippen LogP contribution is -2.75. The van der Waals surface area contributed by atoms with Gasteiger partial charge in [0.15, 0.2) is 37.7 Å². The number of hydrogen-bond acceptors (Lipinski definition) is 26. The first-order chi connectivity index (χ1) is 45.2. The zero-order chi connectivity index (χ0) is 68.2. The Morgan fingerprint density at radius 2 is 1.07 bits per heavy atom. The Hall–Kier alpha value is -3.08. The SMILES string of the molecule is COC1CC(OC2C(C)OC(OC3CCC4(C)C(=CCC5(O)C4CC(OC(=O)C=Cc4ccccc4)C4(C)C(C(C)=O)CCC54O)C3)CC2OC)OC(C)C1OC1CC(O)C(OC2CC(O)C(OC3CC(OC)C(OC4OC(CO)C(O)C(O)C4O)C(C)O3)C(C)O2)C(C)O1. The Morgan fingerprint density at radius 1 is 0.589 bits per heavy atom. The lowest BCUT2D eigenvalue weighted by atomic mass is 9.43. The molecule has 0 radical (unpaired) electrons. The summed E-state index contributed by atoms with van der Waals surface area (Å²) in [6.45, 7) is 13.8. The monoisotopic (exact) mass is 1350 g/mol. The van der Waals surface area contributed by atoms with E-state index in [1.54, 1.807) is 41.1 Å². The minimum Gasteiger partial charge on any atom is -0.458 e. The second-order valence-electron chi connectivity index (χ2n) is 28.8. The summed E-state index contributed by atoms with van der Waals surface area (Å²) in [5.74, 6) is -1.78. The number of benzene rings is 1. The van der Waals surface area contributed by atoms with E-state index in [1.807, 2.05) is 51.1 Å². The van der Waals surface area contributed by atoms with Crippen LogP contribution in [0.1, 0.15) is 138 Å². The molecule has 8 N–H and O–H groups in total. The molecular formula is C69H104O26. The minimum absolute atomic E-state index is 0.00298. The van der Waals surface area contributed by atoms with Crippen molar-refractivity contribution in [1.29, 1.82) is 0 Å². The van der Waals surface area contributed by atoms with E-state index in [9.17, 15) is 50.4 Å². The summed E-state index contributed by atoms with van der Waals surface area (Å²) in [6, 6.07) is 9.42. The van der Waals surface area contributed by atoms with Crippen LogP contribution in [0.2, 0.25) is 0 Å². The van der Waals surface area contributed by atoms with Gasteiger partial charge in [-0.25, -0.2) is 4.79 Å². The van der Waals surface area contributed by atoms with Crippen LogP contribution in [-0.2, 0) is 85.4 Å². The molecule has 1 aromatic rings. The van der Waals surface area contributed by atoms with Gasteiger partial charge in [0.05, 0.1) is 73.8 Å². The molecule has 6 saturated heterocycles. The topological polar surface area (TPSA) is 344 Å². The molecule has 26 heteroatoms. The van der Waals surface area contributed by atoms with Gasteiger partial charge in [0.1, 0.15) is 78.0 Å². The maximum atomic E-state index is 13.7. The van der Waals surface area contributed by atoms with Gasteiger partial charge in [-0.3, -0.25) is 4.79 Å². The number of esters is 1. The number of ether oxygens (including phenoxy) is 16. The first kappa shape index (κ1) is 73.1. The number of carbonyl (C=O) groups excluding carboxylic acids is 2. The van der Waals surface area contributed by atoms with Crippen molar-refractivity contribution in [2.45, 2.75) is 310 Å². The molecule has 0 spiro atoms. The largest absolute Gasteiger partial charge is 0.458 e. The predicted octanol–water partition coefficient (Wildman–Crippen LogP) is 3.17. The molecule has 1 aromatic carbocycles. The van der Waals surface area contributed by atoms with Gasteiger partial charge in [0.2, 0.25) is 0 Å². The number of ketones is 1. The molecule has 26 nitrogen and oxygen atoms in total. The van der Waals surface area contributed by atoms with Gasteiger partial charge in [-0.2, -0.15) is 0 Å². The van der Waals surface area contributed by atoms with Crippen molar-refractivity contribution >= 4 is 17.8 Å². The summed E-state index contributed by atoms with van der Waals surface area (Å²) in [4.78, 5) is 27.0. The average molecular weight is 1350 g/mol. The molecule has 536 valence electrons. The highest BCUT2D eigenvalue weighted by atomic mass is 16.8. The van der Waals surface area contributed by atoms with Crippen LogP contribution in [0, 0.1) is 22.7 Å². The van der Waals surface area contributed by atoms with Gasteiger partial charge in [-0.05, 0) is 104 Å². The zero-order valence-corrected chi connectivity index (χ0v) is 56.5. The van der Waals surface area contributed by atoms with Crippen LogP contribution in [0.15, 0.2) is 48.1 Å². The molecule has 95 heavy (non-hydrogen) atoms. The van der Waals surface area contributed by atoms with Crippen molar-refractivity contribution in [1.82, 2.24) is 0 Å². The summed E-state index contributed by atoms with van der Waals surface area (Å²) in [5, 5.41) is 89.9. The van der Waals surface area contributed by atoms with E-state index >= 15 is 0 Å². The molecule has 6 heterocycles. The number of aliphatic hydroxyl groups is 8. The quantitative estimate of drug-likeness (QED) is 0.0528. The number of fused-ring (bicyclic) bond motifs is 5. The second-order valence-corrected chi connectivity index (χ2v) is 28.8. The summed E-state index contributed by atoms with van der Waals surface area (Å²) in [5.41, 5.74) is -3.16. The number of Topliss-reactive ketones (excluding diaryl/α,β-unsaturated/α-hetero) is 1. The van der Waals surface area contributed by atoms with E-state index in [2.05, 4.69) is 13.0 Å². The summed E-state index contributed by atoms with van der Waals surface area (Å²) < 4.78 is 100. The zero-order valence-electron chi connectivity index (χ0n) is 56.5. The van der Waals surface area contributed by atoms with Crippen LogP contribution >= 0.6 is 0 Å². The third kappa shape index (κ3) is 14.3. The maximum absolute atomic E-state index is 13.7. The van der Waals surface area contributed by atoms with Gasteiger partial charge in [-0.15, -0.1) is 0 Å². The maximum Gasteiger partial charge on any atom is 0.331 e. The summed E-state index contributed by atoms with van der Waals surface area (Å²) in [7, 11) is 4.69. The molecule has 33 unspecified atom stereocenters. The standard InChI is InChI=1S/C69H104O26/c1-33(71)42-21-24-69(79)67(42,8)50(90-51(74)18-17-39-15-13-12-14-16-39)31-49-66(7)22-20-41(25-40(66)19-23-68(49,69)78)88-54-28-45(80-9)63(36(4)85-54)94-56-29-46(81-10)62(37(5)86-56)93-53-27-44(73)60(34(2)84-53)91-52-26-43(72)61(35(3)83-52)92-55-30-47(82-11)64(38(6)87-55)95-65-59(77)58(76)57(75)48(32-70)89-65/h12-19,34-38,41-50,52-65,70,72-73,75-79H,20-32H2,1-11H3. The number of carbonyl (C=O) groups is 2. The Labute approximate surface area is 555 Å². The third-order valence-corrected chi connectivity index (χ3v) is 23.2. The molecule has 0 amide bonds. The highest BCUT2D eigenvalue weighted by Crippen LogP contribution is 2.70. The van der Waals surface area contributed by atoms with Gasteiger partial charge >= 0.3 is 5.97 Å². The minimum atomic E-state index is -1.71. The van der Waals surface area contributed by atoms with Crippen molar-refractivity contribution in [2.24, 2.45) is 22.7 Å². The van der Waals surface area contributed by atoms with E-state index in [1.165, 1.54) is 20.1 Å². The molecule has 9 fully saturated rings. The highest BCUT2D eigenvalue weighted by molar-refractivity contribution is 5.87. The number of rotatable bonds is 20. The van der Waals surface area contributed by atoms with E-state index < -0.39 is 206 Å². The Balaban J connectivity index is 0.640. The van der Waals surface area contributed by atoms with E-state index in [0.717, 1.165) is 11.1 Å². The van der Waals surface area contributed by atoms with Crippen LogP contribution < -0.4 is 0 Å². The van der Waals surface area contributed by atoms with Crippen LogP contribution in [0.5, 0.6) is 0 Å². The number of hydrogen-bond donors (Lipinski definition) is 8. The first-order valence-corrected chi connectivity index (χ1v) is 34.2. The van der Waals surface area contributed by atoms with Crippen LogP contribution in [0.3, 0.4) is 0 Å². The van der Waals surface area contributed by atoms with Crippen LogP contribution in [-0.4, -0.2) is 258 Å². The van der Waals surface area contributed by atoms with Gasteiger partial charge in [0, 0.05) is 76.8 Å². The van der Waals surface area contributed by atoms with Crippen LogP contribution in [0.4, 0.5) is 0 Å². The molecule has 11 rings (SSSR count). The number of aliphatic hydroxyl groups excluding tert-OH is 6. The molecule has 3 saturated carbocycles. The fourth-order valence-electron chi connectivity index (χ4n) is 17.8. The molecule has 33 atom stereocenters. The molecule has 4 aliphatic carbocycles. The van der Waals surface area contributed by atoms with Crippen molar-refractivity contribution in [3.05, 3.63) is 53.6 Å². The average Bonchev–Trinajstić information content (AvgIpc) is 1.61. The van der Waals surface area contributed by atoms with E-state index in [0.29, 0.717) is 38.5 Å². The van der Waals surface area contributed by atoms with Crippen molar-refractivity contribution < 1.29 is 126 Å². The Morgan fingerprint density at radius 3 is 1.57 bits per heavy atom. The predicted molar refractivity (Wildman–Crippen MR) is 332 cm³/mol. The fraction of sp³-hybridized carbons (Fsp3) is 0.826. The summed E-state index contributed by atoms with van der Waals surface area (Å²) >= 11 is 0. The molecule has 10 aliphatic rings. The van der Waals surface area contributed by atoms with Crippen LogP contribution in [0.25, 0.3) is 6.08 Å². The Kier molecular flexibility index (Phi) is 23.0. The normalized spacial score (nSPS) is 49.5. The van der Waals surface area contributed by atoms with E-state index in [-0.39, 0.29) is 50.4 Å². The Bertz CT molecular complexity index is 2770. The van der Waals surface area contributed by atoms with Crippen molar-refractivity contribution in [3.63, 3.8) is 0 Å². The molecular weight excluding hydrogens is 1240 g/mol. The third-order valence-electron chi connectivity index (χ3n) is 23.2. The molecule has 6 aliphatic heterocycles. The first-order valence-electron chi connectivity index (χ1n) is 34.2. The summed E-state index contributed by atoms with van der Waals surface area (Å²) in [6.07, 6.45) is -14.2. The number of methoxy groups -OCH3 is 3. The smallest absolute Gasteiger partial charge is 0.331 e. The van der Waals surface area contributed by atoms with Gasteiger partial charge in [0.25, 0.3) is 0 Å². The van der Waals surface area contributed by atoms with E-state index in [4.69, 9.17) is 75.8 Å². The molecule has 0 aromatic heterocycles. The lowest BCUT2D eigenvalue weighted by Gasteiger charge is -2.66. The van der Waals surface area contributed by atoms with Crippen molar-refractivity contribution in [3.8, 4) is 0 Å².